The fourth-order valence-electron chi connectivity index (χ4n) is 1.96. The largest absolute Gasteiger partial charge is 0.478 e. The number of carboxylic acid groups (broad SMARTS) is 1. The van der Waals surface area contributed by atoms with E-state index < -0.39 is 5.97 Å². The average Bonchev–Trinajstić information content (AvgIpc) is 3.04. The van der Waals surface area contributed by atoms with Gasteiger partial charge in [-0.15, -0.1) is 0 Å². The third-order valence-electron chi connectivity index (χ3n) is 2.92. The lowest BCUT2D eigenvalue weighted by Crippen LogP contribution is -1.96. The number of aromatic carboxylic acids is 1. The maximum absolute atomic E-state index is 11.2. The molecule has 2 aromatic heterocycles. The van der Waals surface area contributed by atoms with Crippen molar-refractivity contribution in [2.45, 2.75) is 13.5 Å². The summed E-state index contributed by atoms with van der Waals surface area (Å²) in [6, 6.07) is 5.32. The summed E-state index contributed by atoms with van der Waals surface area (Å²) >= 11 is 0. The number of benzene rings is 1. The first-order valence-electron chi connectivity index (χ1n) is 5.83. The molecule has 3 rings (SSSR count). The van der Waals surface area contributed by atoms with Crippen LogP contribution in [0.4, 0.5) is 0 Å². The van der Waals surface area contributed by atoms with Gasteiger partial charge in [0.05, 0.1) is 0 Å². The van der Waals surface area contributed by atoms with Crippen molar-refractivity contribution in [2.75, 3.05) is 0 Å². The minimum absolute atomic E-state index is 0.181. The summed E-state index contributed by atoms with van der Waals surface area (Å²) in [6.45, 7) is 2.52. The van der Waals surface area contributed by atoms with E-state index in [0.29, 0.717) is 23.4 Å². The molecule has 0 fully saturated rings. The number of carboxylic acids is 1. The number of carbonyl (C=O) groups is 1. The van der Waals surface area contributed by atoms with Crippen LogP contribution in [0.15, 0.2) is 35.2 Å². The molecule has 0 bridgehead atoms. The number of hydrogen-bond acceptors (Lipinski definition) is 4. The molecule has 1 N–H and O–H groups in total. The zero-order valence-electron chi connectivity index (χ0n) is 10.2. The lowest BCUT2D eigenvalue weighted by atomic mass is 10.1. The predicted octanol–water partition coefficient (Wildman–Crippen LogP) is 2.41. The SMILES string of the molecule is CCn1cc(C(=O)O)c(-c2ccc3ncoc3c2)n1. The maximum atomic E-state index is 11.2. The minimum atomic E-state index is -0.993. The molecule has 0 atom stereocenters. The van der Waals surface area contributed by atoms with Crippen LogP contribution in [-0.2, 0) is 6.54 Å². The van der Waals surface area contributed by atoms with Crippen LogP contribution in [0.5, 0.6) is 0 Å². The van der Waals surface area contributed by atoms with Gasteiger partial charge in [0.1, 0.15) is 16.8 Å². The molecule has 3 aromatic rings. The Morgan fingerprint density at radius 2 is 2.32 bits per heavy atom. The highest BCUT2D eigenvalue weighted by molar-refractivity contribution is 5.95. The van der Waals surface area contributed by atoms with Gasteiger partial charge in [-0.1, -0.05) is 6.07 Å². The van der Waals surface area contributed by atoms with E-state index >= 15 is 0 Å². The quantitative estimate of drug-likeness (QED) is 0.779. The highest BCUT2D eigenvalue weighted by Gasteiger charge is 2.17. The number of fused-ring (bicyclic) bond motifs is 1. The number of nitrogens with zero attached hydrogens (tertiary/aromatic N) is 3. The summed E-state index contributed by atoms with van der Waals surface area (Å²) < 4.78 is 6.82. The second kappa shape index (κ2) is 4.24. The van der Waals surface area contributed by atoms with Gasteiger partial charge in [-0.05, 0) is 19.1 Å². The van der Waals surface area contributed by atoms with E-state index in [0.717, 1.165) is 5.52 Å². The van der Waals surface area contributed by atoms with Crippen LogP contribution >= 0.6 is 0 Å². The summed E-state index contributed by atoms with van der Waals surface area (Å²) in [6.07, 6.45) is 2.89. The molecule has 0 aliphatic heterocycles. The van der Waals surface area contributed by atoms with Gasteiger partial charge in [0.2, 0.25) is 0 Å². The van der Waals surface area contributed by atoms with Crippen LogP contribution in [0.25, 0.3) is 22.4 Å². The molecule has 1 aromatic carbocycles. The molecular formula is C13H11N3O3. The second-order valence-electron chi connectivity index (χ2n) is 4.09. The summed E-state index contributed by atoms with van der Waals surface area (Å²) in [4.78, 5) is 15.3. The Morgan fingerprint density at radius 1 is 1.47 bits per heavy atom. The van der Waals surface area contributed by atoms with E-state index in [1.165, 1.54) is 12.6 Å². The normalized spacial score (nSPS) is 11.0. The Bertz CT molecular complexity index is 757. The predicted molar refractivity (Wildman–Crippen MR) is 67.9 cm³/mol. The monoisotopic (exact) mass is 257 g/mol. The molecule has 6 nitrogen and oxygen atoms in total. The van der Waals surface area contributed by atoms with Gasteiger partial charge < -0.3 is 9.52 Å². The lowest BCUT2D eigenvalue weighted by Gasteiger charge is -1.98. The number of rotatable bonds is 3. The van der Waals surface area contributed by atoms with Gasteiger partial charge >= 0.3 is 5.97 Å². The molecule has 19 heavy (non-hydrogen) atoms. The van der Waals surface area contributed by atoms with E-state index in [1.807, 2.05) is 6.92 Å². The van der Waals surface area contributed by atoms with Crippen LogP contribution in [-0.4, -0.2) is 25.8 Å². The minimum Gasteiger partial charge on any atom is -0.478 e. The molecule has 0 unspecified atom stereocenters. The molecular weight excluding hydrogens is 246 g/mol. The van der Waals surface area contributed by atoms with Gasteiger partial charge in [-0.25, -0.2) is 9.78 Å². The van der Waals surface area contributed by atoms with Gasteiger partial charge in [-0.3, -0.25) is 4.68 Å². The maximum Gasteiger partial charge on any atom is 0.339 e. The number of oxazole rings is 1. The number of aromatic nitrogens is 3. The first-order valence-corrected chi connectivity index (χ1v) is 5.83. The highest BCUT2D eigenvalue weighted by Crippen LogP contribution is 2.25. The molecule has 2 heterocycles. The van der Waals surface area contributed by atoms with E-state index in [1.54, 1.807) is 22.9 Å². The molecule has 0 saturated carbocycles. The molecule has 96 valence electrons. The van der Waals surface area contributed by atoms with Crippen LogP contribution in [0.3, 0.4) is 0 Å². The highest BCUT2D eigenvalue weighted by atomic mass is 16.4. The van der Waals surface area contributed by atoms with Crippen molar-refractivity contribution < 1.29 is 14.3 Å². The van der Waals surface area contributed by atoms with E-state index in [4.69, 9.17) is 4.42 Å². The lowest BCUT2D eigenvalue weighted by molar-refractivity contribution is 0.0697. The summed E-state index contributed by atoms with van der Waals surface area (Å²) in [5, 5.41) is 13.5. The average molecular weight is 257 g/mol. The first kappa shape index (κ1) is 11.5. The van der Waals surface area contributed by atoms with Crippen LogP contribution in [0.2, 0.25) is 0 Å². The fraction of sp³-hybridized carbons (Fsp3) is 0.154. The summed E-state index contributed by atoms with van der Waals surface area (Å²) in [5.74, 6) is -0.993. The van der Waals surface area contributed by atoms with E-state index in [-0.39, 0.29) is 5.56 Å². The van der Waals surface area contributed by atoms with Gasteiger partial charge in [0, 0.05) is 18.3 Å². The molecule has 0 saturated heterocycles. The zero-order valence-corrected chi connectivity index (χ0v) is 10.2. The Hall–Kier alpha value is -2.63. The zero-order chi connectivity index (χ0) is 13.4. The molecule has 0 spiro atoms. The van der Waals surface area contributed by atoms with Crippen LogP contribution < -0.4 is 0 Å². The summed E-state index contributed by atoms with van der Waals surface area (Å²) in [7, 11) is 0. The van der Waals surface area contributed by atoms with E-state index in [2.05, 4.69) is 10.1 Å². The van der Waals surface area contributed by atoms with Crippen molar-refractivity contribution in [1.82, 2.24) is 14.8 Å². The van der Waals surface area contributed by atoms with Crippen molar-refractivity contribution in [3.05, 3.63) is 36.4 Å². The Morgan fingerprint density at radius 3 is 3.05 bits per heavy atom. The van der Waals surface area contributed by atoms with Gasteiger partial charge in [0.25, 0.3) is 0 Å². The van der Waals surface area contributed by atoms with Crippen LogP contribution in [0.1, 0.15) is 17.3 Å². The fourth-order valence-corrected chi connectivity index (χ4v) is 1.96. The van der Waals surface area contributed by atoms with E-state index in [9.17, 15) is 9.90 Å². The Kier molecular flexibility index (Phi) is 2.56. The standard InChI is InChI=1S/C13H11N3O3/c1-2-16-6-9(13(17)18)12(15-16)8-3-4-10-11(5-8)19-7-14-10/h3-7H,2H2,1H3,(H,17,18). The summed E-state index contributed by atoms with van der Waals surface area (Å²) in [5.41, 5.74) is 2.66. The van der Waals surface area contributed by atoms with Gasteiger partial charge in [-0.2, -0.15) is 5.10 Å². The van der Waals surface area contributed by atoms with Gasteiger partial charge in [0.15, 0.2) is 12.0 Å². The molecule has 0 radical (unpaired) electrons. The van der Waals surface area contributed by atoms with Crippen LogP contribution in [0, 0.1) is 0 Å². The third kappa shape index (κ3) is 1.87. The number of aryl methyl sites for hydroxylation is 1. The first-order chi connectivity index (χ1) is 9.19. The molecule has 0 aliphatic rings. The third-order valence-corrected chi connectivity index (χ3v) is 2.92. The van der Waals surface area contributed by atoms with Crippen molar-refractivity contribution in [3.8, 4) is 11.3 Å². The molecule has 6 heteroatoms. The van der Waals surface area contributed by atoms with Crippen molar-refractivity contribution in [2.24, 2.45) is 0 Å². The Balaban J connectivity index is 2.19. The van der Waals surface area contributed by atoms with Crippen molar-refractivity contribution >= 4 is 17.1 Å². The van der Waals surface area contributed by atoms with Crippen molar-refractivity contribution in [1.29, 1.82) is 0 Å². The Labute approximate surface area is 108 Å². The molecule has 0 aliphatic carbocycles. The molecule has 0 amide bonds. The number of hydrogen-bond donors (Lipinski definition) is 1. The topological polar surface area (TPSA) is 81.2 Å². The van der Waals surface area contributed by atoms with Crippen molar-refractivity contribution in [3.63, 3.8) is 0 Å². The smallest absolute Gasteiger partial charge is 0.339 e. The second-order valence-corrected chi connectivity index (χ2v) is 4.09.